The minimum Gasteiger partial charge on any atom is -0.445 e. The summed E-state index contributed by atoms with van der Waals surface area (Å²) in [6.07, 6.45) is 7.03. The second-order valence-corrected chi connectivity index (χ2v) is 5.26. The van der Waals surface area contributed by atoms with Crippen LogP contribution in [0.2, 0.25) is 0 Å². The number of aryl methyl sites for hydroxylation is 1. The molecular formula is C17H27NO2. The van der Waals surface area contributed by atoms with E-state index in [9.17, 15) is 4.79 Å². The van der Waals surface area contributed by atoms with Gasteiger partial charge in [-0.15, -0.1) is 0 Å². The summed E-state index contributed by atoms with van der Waals surface area (Å²) in [6.45, 7) is 5.30. The van der Waals surface area contributed by atoms with E-state index in [1.807, 2.05) is 31.2 Å². The number of carbonyl (C=O) groups is 1. The molecule has 0 spiro atoms. The molecule has 3 nitrogen and oxygen atoms in total. The van der Waals surface area contributed by atoms with Crippen molar-refractivity contribution in [1.29, 1.82) is 0 Å². The Bertz CT molecular complexity index is 373. The number of rotatable bonds is 9. The zero-order valence-corrected chi connectivity index (χ0v) is 12.8. The zero-order valence-electron chi connectivity index (χ0n) is 12.8. The molecule has 1 N–H and O–H groups in total. The zero-order chi connectivity index (χ0) is 14.6. The molecule has 0 atom stereocenters. The van der Waals surface area contributed by atoms with Crippen molar-refractivity contribution in [3.05, 3.63) is 35.4 Å². The Morgan fingerprint density at radius 2 is 1.70 bits per heavy atom. The van der Waals surface area contributed by atoms with E-state index in [2.05, 4.69) is 12.2 Å². The summed E-state index contributed by atoms with van der Waals surface area (Å²) in [4.78, 5) is 11.5. The molecule has 0 aliphatic carbocycles. The van der Waals surface area contributed by atoms with Crippen LogP contribution in [-0.2, 0) is 11.3 Å². The minimum atomic E-state index is -0.320. The number of amides is 1. The van der Waals surface area contributed by atoms with Gasteiger partial charge in [-0.3, -0.25) is 0 Å². The first kappa shape index (κ1) is 16.5. The first-order chi connectivity index (χ1) is 9.72. The average Bonchev–Trinajstić information content (AvgIpc) is 2.46. The van der Waals surface area contributed by atoms with E-state index in [4.69, 9.17) is 4.74 Å². The Balaban J connectivity index is 2.01. The molecule has 20 heavy (non-hydrogen) atoms. The molecule has 3 heteroatoms. The predicted octanol–water partition coefficient (Wildman–Crippen LogP) is 4.58. The van der Waals surface area contributed by atoms with E-state index >= 15 is 0 Å². The fourth-order valence-corrected chi connectivity index (χ4v) is 1.98. The Kier molecular flexibility index (Phi) is 8.52. The highest BCUT2D eigenvalue weighted by Crippen LogP contribution is 2.05. The third-order valence-corrected chi connectivity index (χ3v) is 3.29. The minimum absolute atomic E-state index is 0.320. The van der Waals surface area contributed by atoms with Crippen molar-refractivity contribution in [1.82, 2.24) is 5.32 Å². The van der Waals surface area contributed by atoms with E-state index in [0.29, 0.717) is 13.2 Å². The van der Waals surface area contributed by atoms with Crippen molar-refractivity contribution in [3.8, 4) is 0 Å². The smallest absolute Gasteiger partial charge is 0.407 e. The highest BCUT2D eigenvalue weighted by molar-refractivity contribution is 5.67. The molecule has 0 radical (unpaired) electrons. The van der Waals surface area contributed by atoms with Gasteiger partial charge in [-0.25, -0.2) is 4.79 Å². The molecule has 112 valence electrons. The van der Waals surface area contributed by atoms with Crippen LogP contribution in [0.1, 0.15) is 56.6 Å². The van der Waals surface area contributed by atoms with Crippen LogP contribution in [0.25, 0.3) is 0 Å². The standard InChI is InChI=1S/C17H27NO2/c1-3-4-5-6-7-8-13-18-17(19)20-14-16-11-9-15(2)10-12-16/h9-12H,3-8,13-14H2,1-2H3,(H,18,19). The molecule has 1 aromatic carbocycles. The van der Waals surface area contributed by atoms with Gasteiger partial charge in [0.15, 0.2) is 0 Å². The van der Waals surface area contributed by atoms with Crippen molar-refractivity contribution < 1.29 is 9.53 Å². The number of hydrogen-bond donors (Lipinski definition) is 1. The van der Waals surface area contributed by atoms with Gasteiger partial charge in [0, 0.05) is 6.54 Å². The third kappa shape index (κ3) is 7.82. The number of hydrogen-bond acceptors (Lipinski definition) is 2. The van der Waals surface area contributed by atoms with Gasteiger partial charge in [0.1, 0.15) is 6.61 Å². The van der Waals surface area contributed by atoms with E-state index in [0.717, 1.165) is 12.0 Å². The highest BCUT2D eigenvalue weighted by Gasteiger charge is 2.01. The van der Waals surface area contributed by atoms with Gasteiger partial charge >= 0.3 is 6.09 Å². The van der Waals surface area contributed by atoms with Gasteiger partial charge in [-0.2, -0.15) is 0 Å². The Hall–Kier alpha value is -1.51. The third-order valence-electron chi connectivity index (χ3n) is 3.29. The van der Waals surface area contributed by atoms with Crippen LogP contribution >= 0.6 is 0 Å². The van der Waals surface area contributed by atoms with Crippen LogP contribution in [0.3, 0.4) is 0 Å². The van der Waals surface area contributed by atoms with Gasteiger partial charge in [0.25, 0.3) is 0 Å². The van der Waals surface area contributed by atoms with Gasteiger partial charge in [-0.05, 0) is 18.9 Å². The second kappa shape index (κ2) is 10.3. The Morgan fingerprint density at radius 1 is 1.05 bits per heavy atom. The summed E-state index contributed by atoms with van der Waals surface area (Å²) < 4.78 is 5.16. The molecule has 1 amide bonds. The van der Waals surface area contributed by atoms with Gasteiger partial charge in [0.2, 0.25) is 0 Å². The summed E-state index contributed by atoms with van der Waals surface area (Å²) in [7, 11) is 0. The lowest BCUT2D eigenvalue weighted by Gasteiger charge is -2.07. The van der Waals surface area contributed by atoms with Crippen LogP contribution in [0.5, 0.6) is 0 Å². The van der Waals surface area contributed by atoms with E-state index in [1.165, 1.54) is 37.7 Å². The molecule has 0 saturated heterocycles. The maximum absolute atomic E-state index is 11.5. The lowest BCUT2D eigenvalue weighted by atomic mass is 10.1. The lowest BCUT2D eigenvalue weighted by molar-refractivity contribution is 0.139. The molecule has 0 bridgehead atoms. The molecule has 0 heterocycles. The van der Waals surface area contributed by atoms with Crippen molar-refractivity contribution in [2.45, 2.75) is 59.0 Å². The molecule has 0 aliphatic heterocycles. The lowest BCUT2D eigenvalue weighted by Crippen LogP contribution is -2.25. The first-order valence-corrected chi connectivity index (χ1v) is 7.68. The van der Waals surface area contributed by atoms with Crippen LogP contribution in [0, 0.1) is 6.92 Å². The summed E-state index contributed by atoms with van der Waals surface area (Å²) >= 11 is 0. The second-order valence-electron chi connectivity index (χ2n) is 5.26. The number of unbranched alkanes of at least 4 members (excludes halogenated alkanes) is 5. The van der Waals surface area contributed by atoms with Crippen molar-refractivity contribution >= 4 is 6.09 Å². The summed E-state index contributed by atoms with van der Waals surface area (Å²) in [5.41, 5.74) is 2.23. The molecule has 0 unspecified atom stereocenters. The van der Waals surface area contributed by atoms with Crippen LogP contribution in [-0.4, -0.2) is 12.6 Å². The number of benzene rings is 1. The fraction of sp³-hybridized carbons (Fsp3) is 0.588. The Morgan fingerprint density at radius 3 is 2.40 bits per heavy atom. The van der Waals surface area contributed by atoms with Crippen LogP contribution in [0.4, 0.5) is 4.79 Å². The topological polar surface area (TPSA) is 38.3 Å². The molecule has 0 saturated carbocycles. The summed E-state index contributed by atoms with van der Waals surface area (Å²) in [6, 6.07) is 8.01. The maximum Gasteiger partial charge on any atom is 0.407 e. The highest BCUT2D eigenvalue weighted by atomic mass is 16.5. The number of alkyl carbamates (subject to hydrolysis) is 1. The molecule has 0 fully saturated rings. The quantitative estimate of drug-likeness (QED) is 0.671. The van der Waals surface area contributed by atoms with Crippen molar-refractivity contribution in [3.63, 3.8) is 0 Å². The van der Waals surface area contributed by atoms with Crippen LogP contribution < -0.4 is 5.32 Å². The number of ether oxygens (including phenoxy) is 1. The molecule has 1 aromatic rings. The van der Waals surface area contributed by atoms with Gasteiger partial charge < -0.3 is 10.1 Å². The average molecular weight is 277 g/mol. The molecule has 0 aromatic heterocycles. The van der Waals surface area contributed by atoms with Crippen LogP contribution in [0.15, 0.2) is 24.3 Å². The SMILES string of the molecule is CCCCCCCCNC(=O)OCc1ccc(C)cc1. The van der Waals surface area contributed by atoms with E-state index in [1.54, 1.807) is 0 Å². The van der Waals surface area contributed by atoms with E-state index < -0.39 is 0 Å². The number of carbonyl (C=O) groups excluding carboxylic acids is 1. The largest absolute Gasteiger partial charge is 0.445 e. The predicted molar refractivity (Wildman–Crippen MR) is 82.7 cm³/mol. The van der Waals surface area contributed by atoms with Gasteiger partial charge in [0.05, 0.1) is 0 Å². The first-order valence-electron chi connectivity index (χ1n) is 7.68. The monoisotopic (exact) mass is 277 g/mol. The maximum atomic E-state index is 11.5. The molecule has 0 aliphatic rings. The molecular weight excluding hydrogens is 250 g/mol. The summed E-state index contributed by atoms with van der Waals surface area (Å²) in [5.74, 6) is 0. The molecule has 1 rings (SSSR count). The fourth-order valence-electron chi connectivity index (χ4n) is 1.98. The normalized spacial score (nSPS) is 10.3. The van der Waals surface area contributed by atoms with Gasteiger partial charge in [-0.1, -0.05) is 68.9 Å². The Labute approximate surface area is 122 Å². The van der Waals surface area contributed by atoms with Crippen molar-refractivity contribution in [2.75, 3.05) is 6.54 Å². The summed E-state index contributed by atoms with van der Waals surface area (Å²) in [5, 5.41) is 2.79. The van der Waals surface area contributed by atoms with Crippen molar-refractivity contribution in [2.24, 2.45) is 0 Å². The number of nitrogens with one attached hydrogen (secondary N) is 1. The van der Waals surface area contributed by atoms with E-state index in [-0.39, 0.29) is 6.09 Å².